The Kier molecular flexibility index (Phi) is 4.03. The molecule has 1 unspecified atom stereocenters. The van der Waals surface area contributed by atoms with Gasteiger partial charge in [0, 0.05) is 13.1 Å². The monoisotopic (exact) mass is 282 g/mol. The lowest BCUT2D eigenvalue weighted by Gasteiger charge is -2.22. The molecule has 2 rings (SSSR count). The third-order valence-electron chi connectivity index (χ3n) is 3.53. The molecule has 20 heavy (non-hydrogen) atoms. The van der Waals surface area contributed by atoms with E-state index in [0.29, 0.717) is 25.9 Å². The van der Waals surface area contributed by atoms with Crippen LogP contribution in [-0.2, 0) is 11.3 Å². The van der Waals surface area contributed by atoms with Crippen LogP contribution in [0.2, 0.25) is 0 Å². The SMILES string of the molecule is CC1(O)CCCN(C(=O)Cn2ccc([N+](=O)[O-])n2)CC1. The van der Waals surface area contributed by atoms with Crippen molar-refractivity contribution in [3.8, 4) is 0 Å². The molecule has 0 aliphatic carbocycles. The van der Waals surface area contributed by atoms with Crippen molar-refractivity contribution in [1.82, 2.24) is 14.7 Å². The molecule has 1 aromatic heterocycles. The number of likely N-dealkylation sites (tertiary alicyclic amines) is 1. The summed E-state index contributed by atoms with van der Waals surface area (Å²) in [5.74, 6) is -0.405. The number of aromatic nitrogens is 2. The van der Waals surface area contributed by atoms with E-state index in [-0.39, 0.29) is 18.3 Å². The smallest absolute Gasteiger partial charge is 0.389 e. The van der Waals surface area contributed by atoms with E-state index in [9.17, 15) is 20.0 Å². The van der Waals surface area contributed by atoms with Crippen LogP contribution in [0.25, 0.3) is 0 Å². The van der Waals surface area contributed by atoms with Crippen LogP contribution in [0.15, 0.2) is 12.3 Å². The van der Waals surface area contributed by atoms with E-state index in [0.717, 1.165) is 6.42 Å². The van der Waals surface area contributed by atoms with Crippen molar-refractivity contribution >= 4 is 11.7 Å². The summed E-state index contributed by atoms with van der Waals surface area (Å²) in [5, 5.41) is 24.2. The molecule has 1 aliphatic heterocycles. The van der Waals surface area contributed by atoms with Crippen LogP contribution in [0.5, 0.6) is 0 Å². The van der Waals surface area contributed by atoms with Crippen LogP contribution in [0.3, 0.4) is 0 Å². The summed E-state index contributed by atoms with van der Waals surface area (Å²) in [4.78, 5) is 23.7. The van der Waals surface area contributed by atoms with Crippen molar-refractivity contribution in [2.75, 3.05) is 13.1 Å². The Hall–Kier alpha value is -1.96. The van der Waals surface area contributed by atoms with E-state index in [4.69, 9.17) is 0 Å². The fourth-order valence-electron chi connectivity index (χ4n) is 2.29. The molecule has 1 amide bonds. The molecule has 1 saturated heterocycles. The zero-order chi connectivity index (χ0) is 14.8. The van der Waals surface area contributed by atoms with Crippen molar-refractivity contribution in [1.29, 1.82) is 0 Å². The molecular weight excluding hydrogens is 264 g/mol. The van der Waals surface area contributed by atoms with Crippen LogP contribution in [0, 0.1) is 10.1 Å². The molecule has 0 aromatic carbocycles. The first-order valence-electron chi connectivity index (χ1n) is 6.55. The summed E-state index contributed by atoms with van der Waals surface area (Å²) >= 11 is 0. The molecule has 1 aromatic rings. The summed E-state index contributed by atoms with van der Waals surface area (Å²) < 4.78 is 1.27. The maximum Gasteiger partial charge on any atom is 0.389 e. The van der Waals surface area contributed by atoms with Crippen molar-refractivity contribution in [3.63, 3.8) is 0 Å². The van der Waals surface area contributed by atoms with Gasteiger partial charge in [0.05, 0.1) is 23.0 Å². The first kappa shape index (κ1) is 14.4. The summed E-state index contributed by atoms with van der Waals surface area (Å²) in [7, 11) is 0. The molecule has 8 heteroatoms. The van der Waals surface area contributed by atoms with Gasteiger partial charge in [0.2, 0.25) is 5.91 Å². The highest BCUT2D eigenvalue weighted by Crippen LogP contribution is 2.21. The summed E-state index contributed by atoms with van der Waals surface area (Å²) in [6, 6.07) is 1.26. The Morgan fingerprint density at radius 1 is 1.55 bits per heavy atom. The van der Waals surface area contributed by atoms with Gasteiger partial charge >= 0.3 is 5.82 Å². The Morgan fingerprint density at radius 3 is 2.95 bits per heavy atom. The van der Waals surface area contributed by atoms with Crippen molar-refractivity contribution in [2.45, 2.75) is 38.3 Å². The number of rotatable bonds is 3. The largest absolute Gasteiger partial charge is 0.390 e. The number of hydrogen-bond donors (Lipinski definition) is 1. The van der Waals surface area contributed by atoms with Crippen molar-refractivity contribution in [2.24, 2.45) is 0 Å². The highest BCUT2D eigenvalue weighted by atomic mass is 16.6. The second-order valence-electron chi connectivity index (χ2n) is 5.36. The Balaban J connectivity index is 1.95. The van der Waals surface area contributed by atoms with E-state index < -0.39 is 10.5 Å². The summed E-state index contributed by atoms with van der Waals surface area (Å²) in [6.07, 6.45) is 3.38. The lowest BCUT2D eigenvalue weighted by molar-refractivity contribution is -0.389. The number of carbonyl (C=O) groups excluding carboxylic acids is 1. The van der Waals surface area contributed by atoms with Gasteiger partial charge < -0.3 is 20.1 Å². The quantitative estimate of drug-likeness (QED) is 0.644. The molecule has 2 heterocycles. The number of nitro groups is 1. The molecule has 1 aliphatic rings. The third kappa shape index (κ3) is 3.53. The standard InChI is InChI=1S/C12H18N4O4/c1-12(18)4-2-6-14(8-5-12)11(17)9-15-7-3-10(13-15)16(19)20/h3,7,18H,2,4-6,8-9H2,1H3. The van der Waals surface area contributed by atoms with Gasteiger partial charge in [0.15, 0.2) is 0 Å². The molecule has 0 bridgehead atoms. The molecule has 1 atom stereocenters. The molecule has 0 saturated carbocycles. The zero-order valence-electron chi connectivity index (χ0n) is 11.4. The Bertz CT molecular complexity index is 511. The van der Waals surface area contributed by atoms with E-state index in [1.165, 1.54) is 16.9 Å². The van der Waals surface area contributed by atoms with Gasteiger partial charge in [-0.05, 0) is 31.1 Å². The van der Waals surface area contributed by atoms with E-state index >= 15 is 0 Å². The first-order chi connectivity index (χ1) is 9.37. The maximum absolute atomic E-state index is 12.1. The lowest BCUT2D eigenvalue weighted by Crippen LogP contribution is -2.35. The minimum Gasteiger partial charge on any atom is -0.390 e. The number of amides is 1. The second kappa shape index (κ2) is 5.58. The Labute approximate surface area is 116 Å². The van der Waals surface area contributed by atoms with E-state index in [2.05, 4.69) is 5.10 Å². The van der Waals surface area contributed by atoms with E-state index in [1.807, 2.05) is 0 Å². The molecule has 110 valence electrons. The number of carbonyl (C=O) groups is 1. The van der Waals surface area contributed by atoms with E-state index in [1.54, 1.807) is 11.8 Å². The molecule has 1 N–H and O–H groups in total. The summed E-state index contributed by atoms with van der Waals surface area (Å²) in [5.41, 5.74) is -0.723. The predicted molar refractivity (Wildman–Crippen MR) is 69.9 cm³/mol. The second-order valence-corrected chi connectivity index (χ2v) is 5.36. The minimum atomic E-state index is -0.723. The van der Waals surface area contributed by atoms with Gasteiger partial charge in [-0.3, -0.25) is 4.79 Å². The highest BCUT2D eigenvalue weighted by molar-refractivity contribution is 5.75. The van der Waals surface area contributed by atoms with Crippen LogP contribution >= 0.6 is 0 Å². The maximum atomic E-state index is 12.1. The van der Waals surface area contributed by atoms with Gasteiger partial charge in [-0.1, -0.05) is 0 Å². The van der Waals surface area contributed by atoms with Crippen molar-refractivity contribution in [3.05, 3.63) is 22.4 Å². The topological polar surface area (TPSA) is 102 Å². The molecule has 1 fully saturated rings. The molecule has 0 radical (unpaired) electrons. The predicted octanol–water partition coefficient (Wildman–Crippen LogP) is 0.555. The van der Waals surface area contributed by atoms with Crippen LogP contribution in [0.4, 0.5) is 5.82 Å². The number of aliphatic hydroxyl groups is 1. The first-order valence-corrected chi connectivity index (χ1v) is 6.55. The van der Waals surface area contributed by atoms with Gasteiger partial charge in [0.25, 0.3) is 0 Å². The highest BCUT2D eigenvalue weighted by Gasteiger charge is 2.27. The van der Waals surface area contributed by atoms with Crippen LogP contribution < -0.4 is 0 Å². The lowest BCUT2D eigenvalue weighted by atomic mass is 9.98. The third-order valence-corrected chi connectivity index (χ3v) is 3.53. The number of hydrogen-bond acceptors (Lipinski definition) is 5. The number of nitrogens with zero attached hydrogens (tertiary/aromatic N) is 4. The average molecular weight is 282 g/mol. The average Bonchev–Trinajstić information content (AvgIpc) is 2.74. The van der Waals surface area contributed by atoms with Gasteiger partial charge in [-0.15, -0.1) is 0 Å². The van der Waals surface area contributed by atoms with Gasteiger partial charge in [-0.2, -0.15) is 4.68 Å². The molecule has 0 spiro atoms. The zero-order valence-corrected chi connectivity index (χ0v) is 11.4. The summed E-state index contributed by atoms with van der Waals surface area (Å²) in [6.45, 7) is 2.85. The van der Waals surface area contributed by atoms with Crippen LogP contribution in [-0.4, -0.2) is 49.3 Å². The van der Waals surface area contributed by atoms with Gasteiger partial charge in [-0.25, -0.2) is 0 Å². The fraction of sp³-hybridized carbons (Fsp3) is 0.667. The van der Waals surface area contributed by atoms with Crippen LogP contribution in [0.1, 0.15) is 26.2 Å². The van der Waals surface area contributed by atoms with Gasteiger partial charge in [0.1, 0.15) is 6.54 Å². The molecule has 8 nitrogen and oxygen atoms in total. The normalized spacial score (nSPS) is 23.4. The van der Waals surface area contributed by atoms with Crippen molar-refractivity contribution < 1.29 is 14.8 Å². The molecular formula is C12H18N4O4. The fourth-order valence-corrected chi connectivity index (χ4v) is 2.29. The Morgan fingerprint density at radius 2 is 2.30 bits per heavy atom. The minimum absolute atomic E-state index is 0.0179.